The van der Waals surface area contributed by atoms with Gasteiger partial charge in [-0.15, -0.1) is 0 Å². The van der Waals surface area contributed by atoms with Crippen molar-refractivity contribution in [1.82, 2.24) is 14.9 Å². The van der Waals surface area contributed by atoms with Gasteiger partial charge < -0.3 is 9.67 Å². The molecule has 1 aromatic carbocycles. The maximum absolute atomic E-state index is 9.43. The summed E-state index contributed by atoms with van der Waals surface area (Å²) in [5.41, 5.74) is 9.24. The number of nitrogens with one attached hydrogen (secondary N) is 1. The van der Waals surface area contributed by atoms with Gasteiger partial charge in [-0.25, -0.2) is 0 Å². The summed E-state index contributed by atoms with van der Waals surface area (Å²) in [7, 11) is 0. The first-order valence-electron chi connectivity index (χ1n) is 9.92. The SMILES string of the molecule is CC1=NNC2(C)C=Cc3c(cc(C)n3Cc3ccc(CN4CC(O)C4)cc3)N12. The number of aliphatic hydroxyl groups excluding tert-OH is 1. The molecule has 1 fully saturated rings. The van der Waals surface area contributed by atoms with E-state index < -0.39 is 0 Å². The minimum Gasteiger partial charge on any atom is -0.390 e. The van der Waals surface area contributed by atoms with E-state index in [2.05, 4.69) is 81.2 Å². The summed E-state index contributed by atoms with van der Waals surface area (Å²) in [6, 6.07) is 11.1. The van der Waals surface area contributed by atoms with Gasteiger partial charge in [0.1, 0.15) is 11.5 Å². The number of hydrogen-bond donors (Lipinski definition) is 2. The zero-order chi connectivity index (χ0) is 19.5. The summed E-state index contributed by atoms with van der Waals surface area (Å²) < 4.78 is 2.37. The van der Waals surface area contributed by atoms with Crippen LogP contribution in [0.25, 0.3) is 6.08 Å². The molecule has 0 amide bonds. The van der Waals surface area contributed by atoms with E-state index >= 15 is 0 Å². The zero-order valence-corrected chi connectivity index (χ0v) is 16.7. The second kappa shape index (κ2) is 6.22. The van der Waals surface area contributed by atoms with E-state index in [1.807, 2.05) is 6.92 Å². The van der Waals surface area contributed by atoms with Crippen LogP contribution in [0.2, 0.25) is 0 Å². The Bertz CT molecular complexity index is 968. The molecule has 2 N–H and O–H groups in total. The van der Waals surface area contributed by atoms with E-state index in [9.17, 15) is 5.11 Å². The van der Waals surface area contributed by atoms with Gasteiger partial charge in [-0.1, -0.05) is 24.3 Å². The molecule has 0 spiro atoms. The summed E-state index contributed by atoms with van der Waals surface area (Å²) in [5.74, 6) is 0.991. The molecule has 0 saturated carbocycles. The molecule has 1 aromatic heterocycles. The molecule has 5 rings (SSSR count). The lowest BCUT2D eigenvalue weighted by Crippen LogP contribution is -2.51. The maximum atomic E-state index is 9.43. The average molecular weight is 377 g/mol. The molecular formula is C22H27N5O. The van der Waals surface area contributed by atoms with Crippen LogP contribution in [0.15, 0.2) is 41.5 Å². The number of rotatable bonds is 4. The molecule has 1 saturated heterocycles. The Hall–Kier alpha value is -2.57. The second-order valence-corrected chi connectivity index (χ2v) is 8.39. The van der Waals surface area contributed by atoms with E-state index in [1.165, 1.54) is 28.2 Å². The molecule has 3 aliphatic heterocycles. The number of benzene rings is 1. The Labute approximate surface area is 165 Å². The van der Waals surface area contributed by atoms with E-state index in [0.717, 1.165) is 32.0 Å². The topological polar surface area (TPSA) is 56.0 Å². The monoisotopic (exact) mass is 377 g/mol. The van der Waals surface area contributed by atoms with Crippen LogP contribution in [0.1, 0.15) is 36.4 Å². The number of anilines is 1. The van der Waals surface area contributed by atoms with Crippen molar-refractivity contribution in [3.8, 4) is 0 Å². The number of amidine groups is 1. The normalized spacial score (nSPS) is 23.9. The third kappa shape index (κ3) is 2.75. The predicted molar refractivity (Wildman–Crippen MR) is 112 cm³/mol. The average Bonchev–Trinajstić information content (AvgIpc) is 3.12. The van der Waals surface area contributed by atoms with Gasteiger partial charge in [0.2, 0.25) is 0 Å². The lowest BCUT2D eigenvalue weighted by atomic mass is 10.0. The van der Waals surface area contributed by atoms with Crippen molar-refractivity contribution in [3.63, 3.8) is 0 Å². The third-order valence-electron chi connectivity index (χ3n) is 6.07. The van der Waals surface area contributed by atoms with Crippen molar-refractivity contribution < 1.29 is 5.11 Å². The molecule has 0 bridgehead atoms. The van der Waals surface area contributed by atoms with Crippen molar-refractivity contribution in [3.05, 3.63) is 58.9 Å². The van der Waals surface area contributed by atoms with Crippen molar-refractivity contribution in [2.24, 2.45) is 5.10 Å². The van der Waals surface area contributed by atoms with E-state index in [1.54, 1.807) is 0 Å². The Morgan fingerprint density at radius 3 is 2.50 bits per heavy atom. The highest BCUT2D eigenvalue weighted by molar-refractivity contribution is 6.02. The lowest BCUT2D eigenvalue weighted by molar-refractivity contribution is -0.00286. The number of nitrogens with zero attached hydrogens (tertiary/aromatic N) is 4. The summed E-state index contributed by atoms with van der Waals surface area (Å²) in [4.78, 5) is 4.54. The number of aryl methyl sites for hydroxylation is 1. The number of aliphatic hydroxyl groups is 1. The maximum Gasteiger partial charge on any atom is 0.148 e. The lowest BCUT2D eigenvalue weighted by Gasteiger charge is -2.36. The van der Waals surface area contributed by atoms with Crippen LogP contribution < -0.4 is 10.3 Å². The zero-order valence-electron chi connectivity index (χ0n) is 16.7. The van der Waals surface area contributed by atoms with Crippen LogP contribution in [-0.4, -0.2) is 45.3 Å². The van der Waals surface area contributed by atoms with Gasteiger partial charge in [-0.3, -0.25) is 15.2 Å². The largest absolute Gasteiger partial charge is 0.390 e. The predicted octanol–water partition coefficient (Wildman–Crippen LogP) is 2.51. The van der Waals surface area contributed by atoms with E-state index in [-0.39, 0.29) is 11.8 Å². The quantitative estimate of drug-likeness (QED) is 0.860. The molecule has 0 radical (unpaired) electrons. The van der Waals surface area contributed by atoms with Crippen LogP contribution in [0.4, 0.5) is 5.69 Å². The molecule has 1 atom stereocenters. The third-order valence-corrected chi connectivity index (χ3v) is 6.07. The number of hydrazone groups is 1. The first-order chi connectivity index (χ1) is 13.4. The Balaban J connectivity index is 1.37. The number of hydrogen-bond acceptors (Lipinski definition) is 5. The highest BCUT2D eigenvalue weighted by atomic mass is 16.3. The van der Waals surface area contributed by atoms with Gasteiger partial charge in [0.25, 0.3) is 0 Å². The molecule has 1 unspecified atom stereocenters. The van der Waals surface area contributed by atoms with Gasteiger partial charge in [-0.2, -0.15) is 5.10 Å². The molecule has 146 valence electrons. The second-order valence-electron chi connectivity index (χ2n) is 8.39. The fourth-order valence-corrected chi connectivity index (χ4v) is 4.51. The Morgan fingerprint density at radius 1 is 1.14 bits per heavy atom. The molecule has 2 aromatic rings. The van der Waals surface area contributed by atoms with Crippen LogP contribution in [0.5, 0.6) is 0 Å². The standard InChI is InChI=1S/C22H27N5O/c1-15-10-21-20(8-9-22(3)24-23-16(2)27(21)22)26(15)12-18-6-4-17(5-7-18)11-25-13-19(28)14-25/h4-10,19,24,28H,11-14H2,1-3H3. The Kier molecular flexibility index (Phi) is 3.89. The van der Waals surface area contributed by atoms with Crippen molar-refractivity contribution in [2.75, 3.05) is 18.0 Å². The van der Waals surface area contributed by atoms with Gasteiger partial charge in [0.15, 0.2) is 0 Å². The minimum atomic E-state index is -0.276. The van der Waals surface area contributed by atoms with Gasteiger partial charge in [0, 0.05) is 31.9 Å². The molecular weight excluding hydrogens is 350 g/mol. The Morgan fingerprint density at radius 2 is 1.82 bits per heavy atom. The highest BCUT2D eigenvalue weighted by Gasteiger charge is 2.40. The minimum absolute atomic E-state index is 0.142. The summed E-state index contributed by atoms with van der Waals surface area (Å²) >= 11 is 0. The first kappa shape index (κ1) is 17.5. The fourth-order valence-electron chi connectivity index (χ4n) is 4.51. The first-order valence-corrected chi connectivity index (χ1v) is 9.92. The van der Waals surface area contributed by atoms with Gasteiger partial charge >= 0.3 is 0 Å². The summed E-state index contributed by atoms with van der Waals surface area (Å²) in [5, 5.41) is 13.9. The number of aromatic nitrogens is 1. The number of β-amino-alcohol motifs (C(OH)–C–C–N with tert-alkyl or cyclic N) is 1. The highest BCUT2D eigenvalue weighted by Crippen LogP contribution is 2.38. The van der Waals surface area contributed by atoms with Crippen molar-refractivity contribution >= 4 is 17.6 Å². The van der Waals surface area contributed by atoms with Gasteiger partial charge in [0.05, 0.1) is 17.5 Å². The molecule has 4 heterocycles. The smallest absolute Gasteiger partial charge is 0.148 e. The number of fused-ring (bicyclic) bond motifs is 3. The van der Waals surface area contributed by atoms with Gasteiger partial charge in [-0.05, 0) is 50.1 Å². The van der Waals surface area contributed by atoms with E-state index in [4.69, 9.17) is 0 Å². The summed E-state index contributed by atoms with van der Waals surface area (Å²) in [6.45, 7) is 9.70. The fraction of sp³-hybridized carbons (Fsp3) is 0.409. The van der Waals surface area contributed by atoms with Crippen LogP contribution in [0.3, 0.4) is 0 Å². The molecule has 3 aliphatic rings. The molecule has 0 aliphatic carbocycles. The van der Waals surface area contributed by atoms with Crippen LogP contribution >= 0.6 is 0 Å². The van der Waals surface area contributed by atoms with Crippen LogP contribution in [0, 0.1) is 6.92 Å². The molecule has 28 heavy (non-hydrogen) atoms. The van der Waals surface area contributed by atoms with Crippen molar-refractivity contribution in [1.29, 1.82) is 0 Å². The summed E-state index contributed by atoms with van der Waals surface area (Å²) in [6.07, 6.45) is 4.26. The number of likely N-dealkylation sites (tertiary alicyclic amines) is 1. The molecule has 6 heteroatoms. The van der Waals surface area contributed by atoms with E-state index in [0.29, 0.717) is 0 Å². The van der Waals surface area contributed by atoms with Crippen molar-refractivity contribution in [2.45, 2.75) is 45.6 Å². The molecule has 6 nitrogen and oxygen atoms in total. The van der Waals surface area contributed by atoms with Crippen LogP contribution in [-0.2, 0) is 13.1 Å².